The number of aromatic nitrogens is 2. The van der Waals surface area contributed by atoms with Gasteiger partial charge in [0.2, 0.25) is 0 Å². The van der Waals surface area contributed by atoms with E-state index in [4.69, 9.17) is 29.4 Å². The molecule has 2 N–H and O–H groups in total. The Bertz CT molecular complexity index is 822. The Morgan fingerprint density at radius 3 is 2.29 bits per heavy atom. The molecular formula is C16H21N3O9. The van der Waals surface area contributed by atoms with Gasteiger partial charge in [-0.1, -0.05) is 0 Å². The Kier molecular flexibility index (Phi) is 6.57. The summed E-state index contributed by atoms with van der Waals surface area (Å²) in [6.45, 7) is 3.19. The number of nitrogen functional groups attached to an aromatic ring is 1. The van der Waals surface area contributed by atoms with Crippen LogP contribution in [0.3, 0.4) is 0 Å². The second kappa shape index (κ2) is 8.69. The van der Waals surface area contributed by atoms with Crippen molar-refractivity contribution < 1.29 is 38.1 Å². The standard InChI is InChI=1S/C16H21N3O9/c1-7(20)25-6-11-12(26-8(2)21)13(27-9(3)22)15(28-11)19-5-10(24-4)14(17)18-16(19)23/h5,11-13,15H,6H2,1-4H3,(H2,17,18,23)/t11-,12-,13-,15-/m1/s1. The monoisotopic (exact) mass is 399 g/mol. The van der Waals surface area contributed by atoms with E-state index in [0.29, 0.717) is 0 Å². The van der Waals surface area contributed by atoms with Crippen molar-refractivity contribution >= 4 is 23.7 Å². The molecule has 12 nitrogen and oxygen atoms in total. The van der Waals surface area contributed by atoms with Crippen molar-refractivity contribution in [1.82, 2.24) is 9.55 Å². The lowest BCUT2D eigenvalue weighted by molar-refractivity contribution is -0.166. The van der Waals surface area contributed by atoms with Crippen molar-refractivity contribution in [2.24, 2.45) is 0 Å². The Labute approximate surface area is 159 Å². The summed E-state index contributed by atoms with van der Waals surface area (Å²) < 4.78 is 27.2. The molecule has 0 spiro atoms. The van der Waals surface area contributed by atoms with Crippen LogP contribution in [-0.4, -0.2) is 59.5 Å². The van der Waals surface area contributed by atoms with Crippen LogP contribution in [0.1, 0.15) is 27.0 Å². The van der Waals surface area contributed by atoms with Crippen molar-refractivity contribution in [2.45, 2.75) is 45.3 Å². The van der Waals surface area contributed by atoms with Gasteiger partial charge in [0.05, 0.1) is 13.3 Å². The highest BCUT2D eigenvalue weighted by atomic mass is 16.7. The van der Waals surface area contributed by atoms with Crippen molar-refractivity contribution in [1.29, 1.82) is 0 Å². The number of nitrogens with zero attached hydrogens (tertiary/aromatic N) is 2. The van der Waals surface area contributed by atoms with E-state index in [1.54, 1.807) is 0 Å². The first kappa shape index (κ1) is 21.2. The summed E-state index contributed by atoms with van der Waals surface area (Å²) in [5.74, 6) is -2.03. The summed E-state index contributed by atoms with van der Waals surface area (Å²) in [5, 5.41) is 0. The van der Waals surface area contributed by atoms with Crippen LogP contribution in [0.25, 0.3) is 0 Å². The van der Waals surface area contributed by atoms with E-state index in [1.165, 1.54) is 20.2 Å². The zero-order valence-electron chi connectivity index (χ0n) is 15.7. The molecule has 2 heterocycles. The molecule has 0 saturated carbocycles. The van der Waals surface area contributed by atoms with Crippen molar-refractivity contribution in [2.75, 3.05) is 19.5 Å². The fourth-order valence-electron chi connectivity index (χ4n) is 2.72. The van der Waals surface area contributed by atoms with Gasteiger partial charge in [0.25, 0.3) is 0 Å². The number of methoxy groups -OCH3 is 1. The maximum absolute atomic E-state index is 12.3. The fourth-order valence-corrected chi connectivity index (χ4v) is 2.72. The number of ether oxygens (including phenoxy) is 5. The zero-order chi connectivity index (χ0) is 21.0. The van der Waals surface area contributed by atoms with Crippen LogP contribution in [0.15, 0.2) is 11.0 Å². The average Bonchev–Trinajstić information content (AvgIpc) is 2.89. The third kappa shape index (κ3) is 4.76. The van der Waals surface area contributed by atoms with E-state index in [-0.39, 0.29) is 18.2 Å². The maximum atomic E-state index is 12.3. The smallest absolute Gasteiger partial charge is 0.352 e. The summed E-state index contributed by atoms with van der Waals surface area (Å²) in [4.78, 5) is 50.2. The number of esters is 3. The van der Waals surface area contributed by atoms with Gasteiger partial charge in [-0.25, -0.2) is 4.79 Å². The molecule has 4 atom stereocenters. The number of hydrogen-bond acceptors (Lipinski definition) is 11. The molecule has 1 saturated heterocycles. The first-order valence-corrected chi connectivity index (χ1v) is 8.20. The number of rotatable bonds is 6. The minimum absolute atomic E-state index is 0.0808. The van der Waals surface area contributed by atoms with Crippen molar-refractivity contribution in [3.05, 3.63) is 16.7 Å². The summed E-state index contributed by atoms with van der Waals surface area (Å²) in [6, 6.07) is 0. The molecule has 0 amide bonds. The van der Waals surface area contributed by atoms with Gasteiger partial charge >= 0.3 is 23.6 Å². The molecule has 1 aliphatic heterocycles. The van der Waals surface area contributed by atoms with Crippen LogP contribution in [0.2, 0.25) is 0 Å². The summed E-state index contributed by atoms with van der Waals surface area (Å²) in [7, 11) is 1.33. The lowest BCUT2D eigenvalue weighted by Crippen LogP contribution is -2.42. The molecule has 12 heteroatoms. The van der Waals surface area contributed by atoms with E-state index in [1.807, 2.05) is 0 Å². The van der Waals surface area contributed by atoms with Gasteiger partial charge < -0.3 is 29.4 Å². The highest BCUT2D eigenvalue weighted by Crippen LogP contribution is 2.34. The quantitative estimate of drug-likeness (QED) is 0.469. The predicted molar refractivity (Wildman–Crippen MR) is 91.1 cm³/mol. The van der Waals surface area contributed by atoms with Gasteiger partial charge in [0.1, 0.15) is 12.7 Å². The van der Waals surface area contributed by atoms with Gasteiger partial charge in [-0.15, -0.1) is 0 Å². The summed E-state index contributed by atoms with van der Waals surface area (Å²) in [6.07, 6.45) is -3.36. The van der Waals surface area contributed by atoms with E-state index in [0.717, 1.165) is 18.4 Å². The molecule has 2 rings (SSSR count). The predicted octanol–water partition coefficient (Wildman–Crippen LogP) is -0.842. The topological polar surface area (TPSA) is 158 Å². The second-order valence-corrected chi connectivity index (χ2v) is 5.90. The van der Waals surface area contributed by atoms with E-state index < -0.39 is 48.1 Å². The number of hydrogen-bond donors (Lipinski definition) is 1. The normalized spacial score (nSPS) is 23.7. The van der Waals surface area contributed by atoms with Gasteiger partial charge in [0, 0.05) is 20.8 Å². The second-order valence-electron chi connectivity index (χ2n) is 5.90. The first-order valence-electron chi connectivity index (χ1n) is 8.20. The van der Waals surface area contributed by atoms with Crippen LogP contribution in [0, 0.1) is 0 Å². The van der Waals surface area contributed by atoms with E-state index >= 15 is 0 Å². The lowest BCUT2D eigenvalue weighted by atomic mass is 10.1. The molecule has 1 fully saturated rings. The number of nitrogens with two attached hydrogens (primary N) is 1. The molecule has 0 aromatic carbocycles. The summed E-state index contributed by atoms with van der Waals surface area (Å²) >= 11 is 0. The summed E-state index contributed by atoms with van der Waals surface area (Å²) in [5.41, 5.74) is 4.80. The first-order chi connectivity index (χ1) is 13.1. The largest absolute Gasteiger partial charge is 0.491 e. The van der Waals surface area contributed by atoms with Gasteiger partial charge in [-0.05, 0) is 0 Å². The molecule has 0 bridgehead atoms. The zero-order valence-corrected chi connectivity index (χ0v) is 15.7. The molecule has 0 unspecified atom stereocenters. The van der Waals surface area contributed by atoms with Gasteiger partial charge in [-0.2, -0.15) is 4.98 Å². The van der Waals surface area contributed by atoms with Crippen LogP contribution in [-0.2, 0) is 33.3 Å². The van der Waals surface area contributed by atoms with E-state index in [2.05, 4.69) is 4.98 Å². The highest BCUT2D eigenvalue weighted by Gasteiger charge is 2.51. The Morgan fingerprint density at radius 1 is 1.14 bits per heavy atom. The maximum Gasteiger partial charge on any atom is 0.352 e. The minimum atomic E-state index is -1.23. The number of carbonyl (C=O) groups is 3. The molecule has 0 radical (unpaired) electrons. The molecule has 1 aromatic heterocycles. The van der Waals surface area contributed by atoms with Gasteiger partial charge in [0.15, 0.2) is 30.0 Å². The van der Waals surface area contributed by atoms with Crippen molar-refractivity contribution in [3.63, 3.8) is 0 Å². The lowest BCUT2D eigenvalue weighted by Gasteiger charge is -2.24. The average molecular weight is 399 g/mol. The number of anilines is 1. The highest BCUT2D eigenvalue weighted by molar-refractivity contribution is 5.68. The SMILES string of the molecule is COc1cn([C@@H]2O[C@H](COC(C)=O)[C@@H](OC(C)=O)[C@H]2OC(C)=O)c(=O)nc1N. The molecular weight excluding hydrogens is 378 g/mol. The Hall–Kier alpha value is -3.15. The van der Waals surface area contributed by atoms with Crippen LogP contribution >= 0.6 is 0 Å². The van der Waals surface area contributed by atoms with Crippen LogP contribution < -0.4 is 16.2 Å². The molecule has 0 aliphatic carbocycles. The molecule has 1 aliphatic rings. The molecule has 154 valence electrons. The minimum Gasteiger partial charge on any atom is -0.491 e. The van der Waals surface area contributed by atoms with Crippen LogP contribution in [0.5, 0.6) is 5.75 Å². The molecule has 28 heavy (non-hydrogen) atoms. The Balaban J connectivity index is 2.48. The van der Waals surface area contributed by atoms with E-state index in [9.17, 15) is 19.2 Å². The van der Waals surface area contributed by atoms with Crippen LogP contribution in [0.4, 0.5) is 5.82 Å². The van der Waals surface area contributed by atoms with Crippen molar-refractivity contribution in [3.8, 4) is 5.75 Å². The molecule has 1 aromatic rings. The third-order valence-electron chi connectivity index (χ3n) is 3.78. The number of carbonyl (C=O) groups excluding carboxylic acids is 3. The van der Waals surface area contributed by atoms with Gasteiger partial charge in [-0.3, -0.25) is 19.0 Å². The third-order valence-corrected chi connectivity index (χ3v) is 3.78. The fraction of sp³-hybridized carbons (Fsp3) is 0.562. The Morgan fingerprint density at radius 2 is 1.75 bits per heavy atom.